The summed E-state index contributed by atoms with van der Waals surface area (Å²) < 4.78 is 25.3. The molecule has 3 rings (SSSR count). The summed E-state index contributed by atoms with van der Waals surface area (Å²) in [5.74, 6) is -1.77. The first-order valence-corrected chi connectivity index (χ1v) is 12.7. The van der Waals surface area contributed by atoms with Crippen molar-refractivity contribution in [3.8, 4) is 0 Å². The second kappa shape index (κ2) is 10.5. The fraction of sp³-hybridized carbons (Fsp3) is 0.364. The van der Waals surface area contributed by atoms with Crippen LogP contribution in [0.3, 0.4) is 0 Å². The molecule has 2 atom stereocenters. The Bertz CT molecular complexity index is 927. The molecule has 2 aromatic rings. The molecule has 2 aromatic carbocycles. The number of hydrogen-bond acceptors (Lipinski definition) is 4. The maximum Gasteiger partial charge on any atom is 0.238 e. The van der Waals surface area contributed by atoms with Crippen molar-refractivity contribution in [3.63, 3.8) is 0 Å². The van der Waals surface area contributed by atoms with Crippen LogP contribution in [0, 0.1) is 0 Å². The number of halogens is 2. The van der Waals surface area contributed by atoms with Gasteiger partial charge in [-0.25, -0.2) is 8.42 Å². The summed E-state index contributed by atoms with van der Waals surface area (Å²) in [6.07, 6.45) is 0. The molecular weight excluding hydrogens is 459 g/mol. The van der Waals surface area contributed by atoms with Crippen LogP contribution in [-0.4, -0.2) is 65.4 Å². The molecule has 0 saturated carbocycles. The van der Waals surface area contributed by atoms with Crippen LogP contribution in [0.25, 0.3) is 0 Å². The monoisotopic (exact) mass is 482 g/mol. The van der Waals surface area contributed by atoms with Crippen molar-refractivity contribution in [2.45, 2.75) is 25.2 Å². The minimum Gasteiger partial charge on any atom is -0.331 e. The van der Waals surface area contributed by atoms with E-state index in [2.05, 4.69) is 0 Å². The van der Waals surface area contributed by atoms with Gasteiger partial charge in [0.1, 0.15) is 11.8 Å². The number of amides is 2. The van der Waals surface area contributed by atoms with Crippen molar-refractivity contribution in [1.82, 2.24) is 9.80 Å². The molecule has 1 fully saturated rings. The van der Waals surface area contributed by atoms with Crippen LogP contribution in [0.5, 0.6) is 0 Å². The van der Waals surface area contributed by atoms with Crippen molar-refractivity contribution in [2.75, 3.05) is 23.3 Å². The summed E-state index contributed by atoms with van der Waals surface area (Å²) in [7, 11) is -3.48. The van der Waals surface area contributed by atoms with Gasteiger partial charge in [0, 0.05) is 13.1 Å². The molecule has 9 heteroatoms. The van der Waals surface area contributed by atoms with E-state index in [1.807, 2.05) is 60.7 Å². The van der Waals surface area contributed by atoms with Crippen LogP contribution in [0.2, 0.25) is 0 Å². The van der Waals surface area contributed by atoms with Crippen molar-refractivity contribution >= 4 is 44.9 Å². The van der Waals surface area contributed by atoms with Gasteiger partial charge in [0.05, 0.1) is 23.6 Å². The molecule has 0 unspecified atom stereocenters. The number of alkyl halides is 2. The Balaban J connectivity index is 1.97. The van der Waals surface area contributed by atoms with E-state index in [1.165, 1.54) is 9.80 Å². The Morgan fingerprint density at radius 2 is 1.10 bits per heavy atom. The van der Waals surface area contributed by atoms with Crippen molar-refractivity contribution in [2.24, 2.45) is 0 Å². The number of sulfone groups is 1. The zero-order valence-corrected chi connectivity index (χ0v) is 19.2. The highest BCUT2D eigenvalue weighted by atomic mass is 35.5. The van der Waals surface area contributed by atoms with Gasteiger partial charge in [0.2, 0.25) is 11.8 Å². The van der Waals surface area contributed by atoms with Crippen LogP contribution in [0.4, 0.5) is 0 Å². The van der Waals surface area contributed by atoms with E-state index in [4.69, 9.17) is 23.2 Å². The van der Waals surface area contributed by atoms with E-state index in [0.717, 1.165) is 11.1 Å². The maximum absolute atomic E-state index is 12.7. The van der Waals surface area contributed by atoms with Gasteiger partial charge in [-0.3, -0.25) is 9.59 Å². The molecule has 1 aliphatic heterocycles. The topological polar surface area (TPSA) is 74.8 Å². The highest BCUT2D eigenvalue weighted by Crippen LogP contribution is 2.27. The predicted molar refractivity (Wildman–Crippen MR) is 122 cm³/mol. The van der Waals surface area contributed by atoms with E-state index < -0.39 is 21.9 Å². The van der Waals surface area contributed by atoms with E-state index in [1.54, 1.807) is 0 Å². The SMILES string of the molecule is O=C(CCl)N(Cc1ccccc1)[C@@H]1CS(=O)(=O)C[C@@H]1N(Cc1ccccc1)C(=O)CCl. The highest BCUT2D eigenvalue weighted by Gasteiger charge is 2.46. The third-order valence-corrected chi connectivity index (χ3v) is 7.51. The van der Waals surface area contributed by atoms with Crippen molar-refractivity contribution in [1.29, 1.82) is 0 Å². The molecule has 1 heterocycles. The van der Waals surface area contributed by atoms with Gasteiger partial charge < -0.3 is 9.80 Å². The number of nitrogens with zero attached hydrogens (tertiary/aromatic N) is 2. The molecule has 0 N–H and O–H groups in total. The molecule has 1 aliphatic rings. The lowest BCUT2D eigenvalue weighted by Crippen LogP contribution is -2.54. The van der Waals surface area contributed by atoms with Gasteiger partial charge in [-0.15, -0.1) is 23.2 Å². The first-order chi connectivity index (χ1) is 14.8. The van der Waals surface area contributed by atoms with Gasteiger partial charge in [-0.2, -0.15) is 0 Å². The molecule has 166 valence electrons. The zero-order valence-electron chi connectivity index (χ0n) is 16.9. The van der Waals surface area contributed by atoms with Crippen LogP contribution in [-0.2, 0) is 32.5 Å². The fourth-order valence-corrected chi connectivity index (χ4v) is 6.19. The zero-order chi connectivity index (χ0) is 22.4. The summed E-state index contributed by atoms with van der Waals surface area (Å²) in [5.41, 5.74) is 1.70. The van der Waals surface area contributed by atoms with E-state index in [0.29, 0.717) is 0 Å². The highest BCUT2D eigenvalue weighted by molar-refractivity contribution is 7.91. The smallest absolute Gasteiger partial charge is 0.238 e. The predicted octanol–water partition coefficient (Wildman–Crippen LogP) is 2.69. The molecule has 0 bridgehead atoms. The molecule has 0 aromatic heterocycles. The first-order valence-electron chi connectivity index (χ1n) is 9.83. The number of hydrogen-bond donors (Lipinski definition) is 0. The Morgan fingerprint density at radius 3 is 1.42 bits per heavy atom. The second-order valence-corrected chi connectivity index (χ2v) is 10.2. The Hall–Kier alpha value is -2.09. The average molecular weight is 483 g/mol. The lowest BCUT2D eigenvalue weighted by atomic mass is 10.1. The molecule has 31 heavy (non-hydrogen) atoms. The lowest BCUT2D eigenvalue weighted by Gasteiger charge is -2.38. The van der Waals surface area contributed by atoms with Gasteiger partial charge in [-0.1, -0.05) is 60.7 Å². The number of carbonyl (C=O) groups excluding carboxylic acids is 2. The molecule has 6 nitrogen and oxygen atoms in total. The Kier molecular flexibility index (Phi) is 7.97. The quantitative estimate of drug-likeness (QED) is 0.542. The van der Waals surface area contributed by atoms with Gasteiger partial charge in [-0.05, 0) is 11.1 Å². The van der Waals surface area contributed by atoms with Gasteiger partial charge in [0.15, 0.2) is 9.84 Å². The molecule has 0 radical (unpaired) electrons. The van der Waals surface area contributed by atoms with Crippen LogP contribution < -0.4 is 0 Å². The summed E-state index contributed by atoms with van der Waals surface area (Å²) in [5, 5.41) is 0. The average Bonchev–Trinajstić information content (AvgIpc) is 3.10. The standard InChI is InChI=1S/C22H24Cl2N2O4S/c23-11-21(27)25(13-17-7-3-1-4-8-17)19-15-31(29,30)16-20(19)26(22(28)12-24)14-18-9-5-2-6-10-18/h1-10,19-20H,11-16H2/t19-,20+. The fourth-order valence-electron chi connectivity index (χ4n) is 3.90. The van der Waals surface area contributed by atoms with Crippen molar-refractivity contribution < 1.29 is 18.0 Å². The summed E-state index contributed by atoms with van der Waals surface area (Å²) >= 11 is 11.7. The molecular formula is C22H24Cl2N2O4S. The molecule has 0 aliphatic carbocycles. The first kappa shape index (κ1) is 23.6. The van der Waals surface area contributed by atoms with E-state index >= 15 is 0 Å². The maximum atomic E-state index is 12.7. The van der Waals surface area contributed by atoms with Crippen LogP contribution >= 0.6 is 23.2 Å². The Labute approximate surface area is 192 Å². The van der Waals surface area contributed by atoms with Crippen LogP contribution in [0.15, 0.2) is 60.7 Å². The summed E-state index contributed by atoms with van der Waals surface area (Å²) in [6, 6.07) is 17.1. The van der Waals surface area contributed by atoms with Gasteiger partial charge >= 0.3 is 0 Å². The molecule has 1 saturated heterocycles. The summed E-state index contributed by atoms with van der Waals surface area (Å²) in [4.78, 5) is 28.5. The number of carbonyl (C=O) groups is 2. The van der Waals surface area contributed by atoms with Gasteiger partial charge in [0.25, 0.3) is 0 Å². The lowest BCUT2D eigenvalue weighted by molar-refractivity contribution is -0.137. The number of rotatable bonds is 8. The molecule has 0 spiro atoms. The van der Waals surface area contributed by atoms with E-state index in [9.17, 15) is 18.0 Å². The largest absolute Gasteiger partial charge is 0.331 e. The second-order valence-electron chi connectivity index (χ2n) is 7.49. The number of benzene rings is 2. The minimum absolute atomic E-state index is 0.206. The third-order valence-electron chi connectivity index (χ3n) is 5.36. The Morgan fingerprint density at radius 1 is 0.742 bits per heavy atom. The summed E-state index contributed by atoms with van der Waals surface area (Å²) in [6.45, 7) is 0.411. The van der Waals surface area contributed by atoms with Crippen LogP contribution in [0.1, 0.15) is 11.1 Å². The normalized spacial score (nSPS) is 19.7. The third kappa shape index (κ3) is 5.99. The minimum atomic E-state index is -3.48. The molecule has 2 amide bonds. The van der Waals surface area contributed by atoms with Crippen molar-refractivity contribution in [3.05, 3.63) is 71.8 Å². The van der Waals surface area contributed by atoms with E-state index in [-0.39, 0.29) is 48.2 Å².